The summed E-state index contributed by atoms with van der Waals surface area (Å²) in [5.41, 5.74) is 3.79. The van der Waals surface area contributed by atoms with Crippen molar-refractivity contribution in [2.75, 3.05) is 0 Å². The summed E-state index contributed by atoms with van der Waals surface area (Å²) in [6, 6.07) is 2.50. The zero-order valence-corrected chi connectivity index (χ0v) is 12.5. The van der Waals surface area contributed by atoms with Gasteiger partial charge >= 0.3 is 0 Å². The van der Waals surface area contributed by atoms with Gasteiger partial charge in [-0.15, -0.1) is 12.3 Å². The van der Waals surface area contributed by atoms with Crippen molar-refractivity contribution in [1.29, 1.82) is 0 Å². The van der Waals surface area contributed by atoms with Crippen LogP contribution in [0.4, 0.5) is 0 Å². The topological polar surface area (TPSA) is 25.2 Å². The fourth-order valence-corrected chi connectivity index (χ4v) is 3.43. The lowest BCUT2D eigenvalue weighted by atomic mass is 9.75. The van der Waals surface area contributed by atoms with Crippen molar-refractivity contribution in [3.05, 3.63) is 23.0 Å². The van der Waals surface area contributed by atoms with Crippen LogP contribution in [-0.2, 0) is 6.42 Å². The number of aromatic nitrogens is 1. The van der Waals surface area contributed by atoms with Gasteiger partial charge in [-0.3, -0.25) is 0 Å². The summed E-state index contributed by atoms with van der Waals surface area (Å²) in [6.07, 6.45) is 8.83. The van der Waals surface area contributed by atoms with E-state index in [9.17, 15) is 5.11 Å². The van der Waals surface area contributed by atoms with Crippen LogP contribution in [0.25, 0.3) is 0 Å². The highest BCUT2D eigenvalue weighted by molar-refractivity contribution is 5.34. The smallest absolute Gasteiger partial charge is 0.0812 e. The molecule has 2 atom stereocenters. The molecule has 0 radical (unpaired) electrons. The monoisotopic (exact) mass is 259 g/mol. The van der Waals surface area contributed by atoms with Gasteiger partial charge < -0.3 is 9.67 Å². The van der Waals surface area contributed by atoms with Crippen LogP contribution in [0.2, 0.25) is 0 Å². The van der Waals surface area contributed by atoms with E-state index in [1.165, 1.54) is 11.4 Å². The molecule has 1 aliphatic rings. The molecule has 2 heteroatoms. The molecule has 0 aliphatic heterocycles. The summed E-state index contributed by atoms with van der Waals surface area (Å²) in [5.74, 6) is 2.79. The fraction of sp³-hybridized carbons (Fsp3) is 0.647. The minimum absolute atomic E-state index is 0.156. The van der Waals surface area contributed by atoms with Gasteiger partial charge in [-0.2, -0.15) is 0 Å². The van der Waals surface area contributed by atoms with Crippen LogP contribution in [-0.4, -0.2) is 9.67 Å². The number of hydrogen-bond donors (Lipinski definition) is 1. The number of aliphatic hydroxyl groups excluding tert-OH is 1. The first kappa shape index (κ1) is 14.2. The number of terminal acetylenes is 1. The SMILES string of the molecule is C#CCC(CC)n1c(C)cc2c1CC(C)(C)CC2O. The molecule has 1 aromatic heterocycles. The van der Waals surface area contributed by atoms with E-state index in [1.54, 1.807) is 0 Å². The molecule has 0 spiro atoms. The maximum absolute atomic E-state index is 10.4. The van der Waals surface area contributed by atoms with Gasteiger partial charge in [0, 0.05) is 29.4 Å². The maximum Gasteiger partial charge on any atom is 0.0812 e. The predicted molar refractivity (Wildman–Crippen MR) is 79.0 cm³/mol. The molecule has 2 rings (SSSR count). The van der Waals surface area contributed by atoms with Crippen molar-refractivity contribution >= 4 is 0 Å². The minimum atomic E-state index is -0.331. The lowest BCUT2D eigenvalue weighted by Gasteiger charge is -2.35. The summed E-state index contributed by atoms with van der Waals surface area (Å²) in [4.78, 5) is 0. The summed E-state index contributed by atoms with van der Waals surface area (Å²) in [6.45, 7) is 8.76. The van der Waals surface area contributed by atoms with Crippen molar-refractivity contribution in [1.82, 2.24) is 4.57 Å². The van der Waals surface area contributed by atoms with Gasteiger partial charge in [0.25, 0.3) is 0 Å². The zero-order chi connectivity index (χ0) is 14.2. The predicted octanol–water partition coefficient (Wildman–Crippen LogP) is 3.78. The Morgan fingerprint density at radius 3 is 2.84 bits per heavy atom. The molecular weight excluding hydrogens is 234 g/mol. The Kier molecular flexibility index (Phi) is 3.78. The summed E-state index contributed by atoms with van der Waals surface area (Å²) < 4.78 is 2.37. The third kappa shape index (κ3) is 2.58. The number of nitrogens with zero attached hydrogens (tertiary/aromatic N) is 1. The number of aryl methyl sites for hydroxylation is 1. The van der Waals surface area contributed by atoms with Crippen molar-refractivity contribution in [3.8, 4) is 12.3 Å². The Morgan fingerprint density at radius 2 is 2.26 bits per heavy atom. The van der Waals surface area contributed by atoms with Crippen LogP contribution in [0.1, 0.15) is 69.1 Å². The van der Waals surface area contributed by atoms with E-state index in [0.717, 1.165) is 31.2 Å². The molecule has 1 N–H and O–H groups in total. The van der Waals surface area contributed by atoms with Crippen LogP contribution in [0.5, 0.6) is 0 Å². The number of hydrogen-bond acceptors (Lipinski definition) is 1. The first-order valence-corrected chi connectivity index (χ1v) is 7.21. The van der Waals surface area contributed by atoms with Crippen molar-refractivity contribution in [2.24, 2.45) is 5.41 Å². The second-order valence-corrected chi connectivity index (χ2v) is 6.59. The van der Waals surface area contributed by atoms with Gasteiger partial charge in [0.2, 0.25) is 0 Å². The molecule has 0 saturated heterocycles. The van der Waals surface area contributed by atoms with Gasteiger partial charge in [0.05, 0.1) is 6.10 Å². The molecule has 104 valence electrons. The van der Waals surface area contributed by atoms with Gasteiger partial charge in [0.15, 0.2) is 0 Å². The number of aliphatic hydroxyl groups is 1. The van der Waals surface area contributed by atoms with E-state index >= 15 is 0 Å². The second kappa shape index (κ2) is 5.06. The second-order valence-electron chi connectivity index (χ2n) is 6.59. The Morgan fingerprint density at radius 1 is 1.58 bits per heavy atom. The van der Waals surface area contributed by atoms with E-state index in [0.29, 0.717) is 6.04 Å². The summed E-state index contributed by atoms with van der Waals surface area (Å²) >= 11 is 0. The molecule has 0 amide bonds. The fourth-order valence-electron chi connectivity index (χ4n) is 3.43. The summed E-state index contributed by atoms with van der Waals surface area (Å²) in [5, 5.41) is 10.4. The van der Waals surface area contributed by atoms with Gasteiger partial charge in [0.1, 0.15) is 0 Å². The van der Waals surface area contributed by atoms with Crippen LogP contribution in [0, 0.1) is 24.7 Å². The zero-order valence-electron chi connectivity index (χ0n) is 12.5. The van der Waals surface area contributed by atoms with Gasteiger partial charge in [-0.1, -0.05) is 20.8 Å². The highest BCUT2D eigenvalue weighted by Gasteiger charge is 2.34. The number of rotatable bonds is 3. The molecule has 2 unspecified atom stereocenters. The molecule has 0 saturated carbocycles. The van der Waals surface area contributed by atoms with Crippen molar-refractivity contribution < 1.29 is 5.11 Å². The van der Waals surface area contributed by atoms with Crippen molar-refractivity contribution in [2.45, 2.75) is 65.5 Å². The third-order valence-electron chi connectivity index (χ3n) is 4.31. The molecule has 2 nitrogen and oxygen atoms in total. The Balaban J connectivity index is 2.50. The minimum Gasteiger partial charge on any atom is -0.388 e. The normalized spacial score (nSPS) is 22.6. The maximum atomic E-state index is 10.4. The van der Waals surface area contributed by atoms with Crippen LogP contribution >= 0.6 is 0 Å². The molecule has 0 bridgehead atoms. The van der Waals surface area contributed by atoms with E-state index in [1.807, 2.05) is 0 Å². The average molecular weight is 259 g/mol. The molecule has 1 aliphatic carbocycles. The quantitative estimate of drug-likeness (QED) is 0.821. The van der Waals surface area contributed by atoms with Crippen LogP contribution in [0.3, 0.4) is 0 Å². The van der Waals surface area contributed by atoms with E-state index in [-0.39, 0.29) is 11.5 Å². The van der Waals surface area contributed by atoms with Crippen LogP contribution in [0.15, 0.2) is 6.07 Å². The molecule has 19 heavy (non-hydrogen) atoms. The highest BCUT2D eigenvalue weighted by atomic mass is 16.3. The Hall–Kier alpha value is -1.20. The standard InChI is InChI=1S/C17H25NO/c1-6-8-13(7-2)18-12(3)9-14-15(18)10-17(4,5)11-16(14)19/h1,9,13,16,19H,7-8,10-11H2,2-5H3. The lowest BCUT2D eigenvalue weighted by Crippen LogP contribution is -2.27. The first-order chi connectivity index (χ1) is 8.89. The third-order valence-corrected chi connectivity index (χ3v) is 4.31. The first-order valence-electron chi connectivity index (χ1n) is 7.21. The van der Waals surface area contributed by atoms with E-state index in [2.05, 4.69) is 44.2 Å². The Labute approximate surface area is 116 Å². The molecule has 0 fully saturated rings. The van der Waals surface area contributed by atoms with Gasteiger partial charge in [-0.05, 0) is 37.7 Å². The highest BCUT2D eigenvalue weighted by Crippen LogP contribution is 2.43. The molecule has 1 heterocycles. The lowest BCUT2D eigenvalue weighted by molar-refractivity contribution is 0.0974. The molecular formula is C17H25NO. The van der Waals surface area contributed by atoms with Gasteiger partial charge in [-0.25, -0.2) is 0 Å². The largest absolute Gasteiger partial charge is 0.388 e. The number of fused-ring (bicyclic) bond motifs is 1. The Bertz CT molecular complexity index is 504. The van der Waals surface area contributed by atoms with E-state index in [4.69, 9.17) is 6.42 Å². The summed E-state index contributed by atoms with van der Waals surface area (Å²) in [7, 11) is 0. The van der Waals surface area contributed by atoms with Crippen LogP contribution < -0.4 is 0 Å². The van der Waals surface area contributed by atoms with E-state index < -0.39 is 0 Å². The average Bonchev–Trinajstić information content (AvgIpc) is 2.62. The molecule has 1 aromatic rings. The van der Waals surface area contributed by atoms with Crippen molar-refractivity contribution in [3.63, 3.8) is 0 Å². The molecule has 0 aromatic carbocycles.